The molecule has 3 heterocycles. The number of anilines is 2. The zero-order chi connectivity index (χ0) is 13.2. The van der Waals surface area contributed by atoms with Crippen molar-refractivity contribution in [2.75, 3.05) is 11.1 Å². The van der Waals surface area contributed by atoms with Crippen LogP contribution in [0.4, 0.5) is 11.4 Å². The molecule has 5 nitrogen and oxygen atoms in total. The first-order valence-corrected chi connectivity index (χ1v) is 6.42. The lowest BCUT2D eigenvalue weighted by atomic mass is 10.3. The fraction of sp³-hybridized carbons (Fsp3) is 0. The molecule has 0 aliphatic heterocycles. The van der Waals surface area contributed by atoms with Crippen LogP contribution in [0.5, 0.6) is 0 Å². The SMILES string of the molecule is Nc1c(C(=O)Nc2cccnc2)sc2cccnc12. The Labute approximate surface area is 113 Å². The number of hydrogen-bond acceptors (Lipinski definition) is 5. The minimum atomic E-state index is -0.242. The number of hydrogen-bond donors (Lipinski definition) is 2. The average Bonchev–Trinajstić information content (AvgIpc) is 2.78. The molecule has 19 heavy (non-hydrogen) atoms. The molecule has 0 aromatic carbocycles. The number of pyridine rings is 2. The molecule has 0 radical (unpaired) electrons. The molecule has 0 fully saturated rings. The highest BCUT2D eigenvalue weighted by Crippen LogP contribution is 2.32. The van der Waals surface area contributed by atoms with Crippen molar-refractivity contribution >= 4 is 38.8 Å². The van der Waals surface area contributed by atoms with E-state index in [9.17, 15) is 4.79 Å². The second-order valence-electron chi connectivity index (χ2n) is 3.89. The molecule has 94 valence electrons. The Bertz CT molecular complexity index is 739. The summed E-state index contributed by atoms with van der Waals surface area (Å²) < 4.78 is 0.899. The van der Waals surface area contributed by atoms with Crippen LogP contribution in [0, 0.1) is 0 Å². The fourth-order valence-corrected chi connectivity index (χ4v) is 2.72. The molecule has 0 saturated heterocycles. The second kappa shape index (κ2) is 4.66. The molecular formula is C13H10N4OS. The summed E-state index contributed by atoms with van der Waals surface area (Å²) in [5.74, 6) is -0.242. The van der Waals surface area contributed by atoms with Crippen molar-refractivity contribution in [3.05, 3.63) is 47.7 Å². The lowest BCUT2D eigenvalue weighted by Gasteiger charge is -2.02. The second-order valence-corrected chi connectivity index (χ2v) is 4.94. The number of rotatable bonds is 2. The first-order valence-electron chi connectivity index (χ1n) is 5.60. The number of aromatic nitrogens is 2. The van der Waals surface area contributed by atoms with Gasteiger partial charge in [-0.3, -0.25) is 14.8 Å². The Morgan fingerprint density at radius 1 is 1.26 bits per heavy atom. The molecule has 3 rings (SSSR count). The number of amides is 1. The molecule has 1 amide bonds. The van der Waals surface area contributed by atoms with Crippen LogP contribution in [-0.4, -0.2) is 15.9 Å². The van der Waals surface area contributed by atoms with E-state index in [0.29, 0.717) is 21.8 Å². The van der Waals surface area contributed by atoms with E-state index in [2.05, 4.69) is 15.3 Å². The first-order chi connectivity index (χ1) is 9.25. The van der Waals surface area contributed by atoms with Crippen LogP contribution in [0.1, 0.15) is 9.67 Å². The van der Waals surface area contributed by atoms with Crippen LogP contribution in [0.25, 0.3) is 10.2 Å². The molecule has 0 bridgehead atoms. The normalized spacial score (nSPS) is 10.5. The lowest BCUT2D eigenvalue weighted by molar-refractivity contribution is 0.103. The number of nitrogens with two attached hydrogens (primary N) is 1. The van der Waals surface area contributed by atoms with E-state index in [0.717, 1.165) is 4.70 Å². The molecular weight excluding hydrogens is 260 g/mol. The van der Waals surface area contributed by atoms with E-state index in [4.69, 9.17) is 5.73 Å². The highest BCUT2D eigenvalue weighted by molar-refractivity contribution is 7.21. The molecule has 0 unspecified atom stereocenters. The summed E-state index contributed by atoms with van der Waals surface area (Å²) in [6, 6.07) is 7.24. The summed E-state index contributed by atoms with van der Waals surface area (Å²) in [5, 5.41) is 2.76. The maximum atomic E-state index is 12.2. The van der Waals surface area contributed by atoms with E-state index in [1.165, 1.54) is 11.3 Å². The van der Waals surface area contributed by atoms with Crippen LogP contribution in [0.2, 0.25) is 0 Å². The van der Waals surface area contributed by atoms with Crippen LogP contribution in [-0.2, 0) is 0 Å². The number of nitrogens with zero attached hydrogens (tertiary/aromatic N) is 2. The summed E-state index contributed by atoms with van der Waals surface area (Å²) in [5.41, 5.74) is 7.69. The maximum Gasteiger partial charge on any atom is 0.268 e. The average molecular weight is 270 g/mol. The molecule has 3 N–H and O–H groups in total. The van der Waals surface area contributed by atoms with E-state index in [1.54, 1.807) is 30.7 Å². The Morgan fingerprint density at radius 2 is 2.11 bits per heavy atom. The minimum Gasteiger partial charge on any atom is -0.396 e. The molecule has 0 saturated carbocycles. The third-order valence-corrected chi connectivity index (χ3v) is 3.77. The quantitative estimate of drug-likeness (QED) is 0.749. The first kappa shape index (κ1) is 11.6. The van der Waals surface area contributed by atoms with E-state index in [-0.39, 0.29) is 5.91 Å². The molecule has 3 aromatic heterocycles. The predicted octanol–water partition coefficient (Wildman–Crippen LogP) is 2.53. The number of nitrogens with one attached hydrogen (secondary N) is 1. The minimum absolute atomic E-state index is 0.242. The highest BCUT2D eigenvalue weighted by Gasteiger charge is 2.17. The van der Waals surface area contributed by atoms with Gasteiger partial charge in [0.2, 0.25) is 0 Å². The van der Waals surface area contributed by atoms with Crippen molar-refractivity contribution in [3.63, 3.8) is 0 Å². The molecule has 0 spiro atoms. The van der Waals surface area contributed by atoms with Gasteiger partial charge in [0.05, 0.1) is 22.3 Å². The van der Waals surface area contributed by atoms with Gasteiger partial charge in [0.15, 0.2) is 0 Å². The summed E-state index contributed by atoms with van der Waals surface area (Å²) in [6.45, 7) is 0. The van der Waals surface area contributed by atoms with Crippen molar-refractivity contribution in [2.45, 2.75) is 0 Å². The van der Waals surface area contributed by atoms with Crippen LogP contribution < -0.4 is 11.1 Å². The van der Waals surface area contributed by atoms with Gasteiger partial charge >= 0.3 is 0 Å². The third kappa shape index (κ3) is 2.13. The molecule has 0 aliphatic rings. The Kier molecular flexibility index (Phi) is 2.85. The van der Waals surface area contributed by atoms with Crippen molar-refractivity contribution in [1.82, 2.24) is 9.97 Å². The van der Waals surface area contributed by atoms with Gasteiger partial charge in [0, 0.05) is 12.4 Å². The summed E-state index contributed by atoms with van der Waals surface area (Å²) in [6.07, 6.45) is 4.89. The predicted molar refractivity (Wildman–Crippen MR) is 76.2 cm³/mol. The maximum absolute atomic E-state index is 12.2. The Morgan fingerprint density at radius 3 is 2.84 bits per heavy atom. The third-order valence-electron chi connectivity index (χ3n) is 2.61. The fourth-order valence-electron chi connectivity index (χ4n) is 1.74. The van der Waals surface area contributed by atoms with Crippen molar-refractivity contribution in [2.24, 2.45) is 0 Å². The number of fused-ring (bicyclic) bond motifs is 1. The Balaban J connectivity index is 1.96. The van der Waals surface area contributed by atoms with Crippen molar-refractivity contribution in [3.8, 4) is 0 Å². The molecule has 6 heteroatoms. The molecule has 0 aliphatic carbocycles. The van der Waals surface area contributed by atoms with Gasteiger partial charge in [-0.05, 0) is 24.3 Å². The van der Waals surface area contributed by atoms with Gasteiger partial charge in [-0.25, -0.2) is 0 Å². The molecule has 0 atom stereocenters. The Hall–Kier alpha value is -2.47. The largest absolute Gasteiger partial charge is 0.396 e. The topological polar surface area (TPSA) is 80.9 Å². The monoisotopic (exact) mass is 270 g/mol. The summed E-state index contributed by atoms with van der Waals surface area (Å²) >= 11 is 1.33. The van der Waals surface area contributed by atoms with Gasteiger partial charge in [0.1, 0.15) is 10.4 Å². The zero-order valence-corrected chi connectivity index (χ0v) is 10.6. The van der Waals surface area contributed by atoms with Crippen LogP contribution in [0.3, 0.4) is 0 Å². The van der Waals surface area contributed by atoms with Crippen LogP contribution in [0.15, 0.2) is 42.9 Å². The van der Waals surface area contributed by atoms with Crippen molar-refractivity contribution < 1.29 is 4.79 Å². The van der Waals surface area contributed by atoms with Crippen LogP contribution >= 0.6 is 11.3 Å². The summed E-state index contributed by atoms with van der Waals surface area (Å²) in [7, 11) is 0. The van der Waals surface area contributed by atoms with Gasteiger partial charge in [-0.15, -0.1) is 11.3 Å². The number of carbonyl (C=O) groups is 1. The van der Waals surface area contributed by atoms with Gasteiger partial charge in [0.25, 0.3) is 5.91 Å². The number of nitrogen functional groups attached to an aromatic ring is 1. The van der Waals surface area contributed by atoms with E-state index < -0.39 is 0 Å². The molecule has 3 aromatic rings. The van der Waals surface area contributed by atoms with E-state index >= 15 is 0 Å². The van der Waals surface area contributed by atoms with Gasteiger partial charge in [-0.1, -0.05) is 0 Å². The smallest absolute Gasteiger partial charge is 0.268 e. The standard InChI is InChI=1S/C13H10N4OS/c14-10-11-9(4-2-6-16-11)19-12(10)13(18)17-8-3-1-5-15-7-8/h1-7H,14H2,(H,17,18). The van der Waals surface area contributed by atoms with Crippen molar-refractivity contribution in [1.29, 1.82) is 0 Å². The van der Waals surface area contributed by atoms with Gasteiger partial charge < -0.3 is 11.1 Å². The number of thiophene rings is 1. The number of carbonyl (C=O) groups excluding carboxylic acids is 1. The van der Waals surface area contributed by atoms with Gasteiger partial charge in [-0.2, -0.15) is 0 Å². The lowest BCUT2D eigenvalue weighted by Crippen LogP contribution is -2.12. The van der Waals surface area contributed by atoms with E-state index in [1.807, 2.05) is 12.1 Å². The summed E-state index contributed by atoms with van der Waals surface area (Å²) in [4.78, 5) is 20.8. The highest BCUT2D eigenvalue weighted by atomic mass is 32.1. The zero-order valence-electron chi connectivity index (χ0n) is 9.83.